The average Bonchev–Trinajstić information content (AvgIpc) is 1.97. The number of hydrogen-bond donors (Lipinski definition) is 1. The van der Waals surface area contributed by atoms with E-state index in [4.69, 9.17) is 0 Å². The minimum atomic E-state index is -4.15. The monoisotopic (exact) mass is 291 g/mol. The van der Waals surface area contributed by atoms with Gasteiger partial charge in [0.2, 0.25) is 5.91 Å². The molecule has 0 aliphatic heterocycles. The molecule has 0 saturated carbocycles. The topological polar surface area (TPSA) is 86.3 Å². The third-order valence-electron chi connectivity index (χ3n) is 1.19. The molecule has 5 nitrogen and oxygen atoms in total. The van der Waals surface area contributed by atoms with Crippen LogP contribution in [0, 0.1) is 0 Å². The minimum Gasteiger partial charge on any atom is -0.748 e. The molecule has 1 N–H and O–H groups in total. The fourth-order valence-corrected chi connectivity index (χ4v) is 1.17. The molecule has 76 valence electrons. The van der Waals surface area contributed by atoms with Gasteiger partial charge in [-0.05, 0) is 19.4 Å². The van der Waals surface area contributed by atoms with Gasteiger partial charge in [0.1, 0.15) is 0 Å². The fourth-order valence-electron chi connectivity index (χ4n) is 0.671. The van der Waals surface area contributed by atoms with E-state index in [2.05, 4.69) is 5.32 Å². The summed E-state index contributed by atoms with van der Waals surface area (Å²) in [6.45, 7) is 1.90. The molecule has 0 fully saturated rings. The van der Waals surface area contributed by atoms with Gasteiger partial charge in [0.05, 0.1) is 10.1 Å². The molecule has 0 unspecified atom stereocenters. The second-order valence-corrected chi connectivity index (χ2v) is 3.93. The number of amides is 1. The summed E-state index contributed by atoms with van der Waals surface area (Å²) < 4.78 is 30.4. The molecule has 0 radical (unpaired) electrons. The summed E-state index contributed by atoms with van der Waals surface area (Å²) in [5.74, 6) is -0.728. The van der Waals surface area contributed by atoms with Crippen LogP contribution in [0.2, 0.25) is 0 Å². The molecule has 0 aromatic carbocycles. The maximum atomic E-state index is 10.7. The smallest absolute Gasteiger partial charge is 0.748 e. The fraction of sp³-hybridized carbons (Fsp3) is 0.571. The molecule has 0 atom stereocenters. The zero-order chi connectivity index (χ0) is 10.3. The molecule has 14 heavy (non-hydrogen) atoms. The number of carbonyl (C=O) groups excluding carboxylic acids is 1. The first-order valence-electron chi connectivity index (χ1n) is 3.80. The first-order valence-corrected chi connectivity index (χ1v) is 5.37. The Kier molecular flexibility index (Phi) is 11.4. The Morgan fingerprint density at radius 2 is 2.07 bits per heavy atom. The second-order valence-electron chi connectivity index (χ2n) is 2.41. The maximum absolute atomic E-state index is 10.7. The molecule has 0 aromatic heterocycles. The van der Waals surface area contributed by atoms with Gasteiger partial charge >= 0.3 is 58.2 Å². The van der Waals surface area contributed by atoms with E-state index < -0.39 is 15.9 Å². The van der Waals surface area contributed by atoms with Crippen molar-refractivity contribution in [2.24, 2.45) is 0 Å². The Morgan fingerprint density at radius 1 is 1.50 bits per heavy atom. The first-order chi connectivity index (χ1) is 5.95. The van der Waals surface area contributed by atoms with Gasteiger partial charge in [0, 0.05) is 12.3 Å². The summed E-state index contributed by atoms with van der Waals surface area (Å²) >= 11 is 0. The molecule has 0 aliphatic rings. The van der Waals surface area contributed by atoms with Crippen LogP contribution in [-0.2, 0) is 14.9 Å². The maximum Gasteiger partial charge on any atom is 1.00 e. The van der Waals surface area contributed by atoms with Crippen molar-refractivity contribution >= 4 is 16.0 Å². The SMILES string of the molecule is CC=CC(=O)NCCCS(=O)(=O)[O-].[Rb+]. The molecule has 0 rings (SSSR count). The Hall–Kier alpha value is 0.925. The van der Waals surface area contributed by atoms with Crippen LogP contribution in [0.1, 0.15) is 13.3 Å². The van der Waals surface area contributed by atoms with Gasteiger partial charge in [-0.1, -0.05) is 6.08 Å². The van der Waals surface area contributed by atoms with Crippen molar-refractivity contribution in [1.29, 1.82) is 0 Å². The summed E-state index contributed by atoms with van der Waals surface area (Å²) in [5.41, 5.74) is 0. The van der Waals surface area contributed by atoms with Crippen LogP contribution in [0.3, 0.4) is 0 Å². The summed E-state index contributed by atoms with van der Waals surface area (Å²) in [7, 11) is -4.15. The van der Waals surface area contributed by atoms with Crippen LogP contribution in [0.25, 0.3) is 0 Å². The predicted molar refractivity (Wildman–Crippen MR) is 47.0 cm³/mol. The zero-order valence-electron chi connectivity index (χ0n) is 8.32. The molecule has 1 amide bonds. The van der Waals surface area contributed by atoms with Gasteiger partial charge in [-0.25, -0.2) is 8.42 Å². The number of nitrogens with one attached hydrogen (secondary N) is 1. The van der Waals surface area contributed by atoms with Crippen LogP contribution in [0.5, 0.6) is 0 Å². The van der Waals surface area contributed by atoms with Crippen LogP contribution < -0.4 is 63.5 Å². The van der Waals surface area contributed by atoms with E-state index in [0.717, 1.165) is 0 Å². The Labute approximate surface area is 133 Å². The van der Waals surface area contributed by atoms with Gasteiger partial charge in [-0.15, -0.1) is 0 Å². The molecule has 0 heterocycles. The van der Waals surface area contributed by atoms with Crippen LogP contribution in [0.15, 0.2) is 12.2 Å². The summed E-state index contributed by atoms with van der Waals surface area (Å²) in [6, 6.07) is 0. The summed E-state index contributed by atoms with van der Waals surface area (Å²) in [6.07, 6.45) is 3.04. The van der Waals surface area contributed by atoms with Crippen molar-refractivity contribution < 1.29 is 76.0 Å². The molecule has 0 saturated heterocycles. The van der Waals surface area contributed by atoms with E-state index in [1.807, 2.05) is 0 Å². The predicted octanol–water partition coefficient (Wildman–Crippen LogP) is -3.38. The van der Waals surface area contributed by atoms with E-state index in [9.17, 15) is 17.8 Å². The second kappa shape index (κ2) is 9.17. The van der Waals surface area contributed by atoms with Crippen molar-refractivity contribution in [3.05, 3.63) is 12.2 Å². The van der Waals surface area contributed by atoms with E-state index in [1.54, 1.807) is 13.0 Å². The Balaban J connectivity index is 0. The number of rotatable bonds is 5. The zero-order valence-corrected chi connectivity index (χ0v) is 14.0. The standard InChI is InChI=1S/C7H13NO4S.Rb/c1-2-4-7(9)8-5-3-6-13(10,11)12;/h2,4H,3,5-6H2,1H3,(H,8,9)(H,10,11,12);/q;+1/p-1. The Bertz CT molecular complexity index is 286. The molecular formula is C7H12NO4RbS. The van der Waals surface area contributed by atoms with Crippen molar-refractivity contribution in [2.45, 2.75) is 13.3 Å². The molecule has 0 aliphatic carbocycles. The molecule has 0 bridgehead atoms. The molecule has 0 spiro atoms. The Morgan fingerprint density at radius 3 is 2.50 bits per heavy atom. The third kappa shape index (κ3) is 12.9. The number of carbonyl (C=O) groups is 1. The normalized spacial score (nSPS) is 11.0. The van der Waals surface area contributed by atoms with Crippen molar-refractivity contribution in [3.8, 4) is 0 Å². The molecule has 0 aromatic rings. The van der Waals surface area contributed by atoms with Crippen molar-refractivity contribution in [1.82, 2.24) is 5.32 Å². The third-order valence-corrected chi connectivity index (χ3v) is 1.98. The quantitative estimate of drug-likeness (QED) is 0.325. The van der Waals surface area contributed by atoms with E-state index >= 15 is 0 Å². The van der Waals surface area contributed by atoms with Gasteiger partial charge in [-0.3, -0.25) is 4.79 Å². The van der Waals surface area contributed by atoms with Gasteiger partial charge in [-0.2, -0.15) is 0 Å². The average molecular weight is 292 g/mol. The van der Waals surface area contributed by atoms with E-state index in [1.165, 1.54) is 6.08 Å². The summed E-state index contributed by atoms with van der Waals surface area (Å²) in [4.78, 5) is 10.7. The van der Waals surface area contributed by atoms with Crippen LogP contribution in [0.4, 0.5) is 0 Å². The van der Waals surface area contributed by atoms with E-state index in [0.29, 0.717) is 0 Å². The van der Waals surface area contributed by atoms with Crippen LogP contribution in [-0.4, -0.2) is 31.2 Å². The van der Waals surface area contributed by atoms with Gasteiger partial charge < -0.3 is 9.87 Å². The molecular weight excluding hydrogens is 280 g/mol. The first kappa shape index (κ1) is 17.3. The van der Waals surface area contributed by atoms with Gasteiger partial charge in [0.25, 0.3) is 0 Å². The van der Waals surface area contributed by atoms with Crippen LogP contribution >= 0.6 is 0 Å². The van der Waals surface area contributed by atoms with Crippen molar-refractivity contribution in [2.75, 3.05) is 12.3 Å². The van der Waals surface area contributed by atoms with Crippen molar-refractivity contribution in [3.63, 3.8) is 0 Å². The van der Waals surface area contributed by atoms with Gasteiger partial charge in [0.15, 0.2) is 0 Å². The minimum absolute atomic E-state index is 0. The summed E-state index contributed by atoms with van der Waals surface area (Å²) in [5, 5.41) is 2.43. The largest absolute Gasteiger partial charge is 1.00 e. The number of allylic oxidation sites excluding steroid dienone is 1. The molecule has 7 heteroatoms. The van der Waals surface area contributed by atoms with E-state index in [-0.39, 0.29) is 77.1 Å². The number of hydrogen-bond acceptors (Lipinski definition) is 4.